The maximum atomic E-state index is 11.8. The zero-order valence-corrected chi connectivity index (χ0v) is 15.1. The van der Waals surface area contributed by atoms with Crippen molar-refractivity contribution in [2.24, 2.45) is 0 Å². The molecule has 7 heteroatoms. The van der Waals surface area contributed by atoms with Crippen molar-refractivity contribution in [2.75, 3.05) is 11.9 Å². The van der Waals surface area contributed by atoms with Gasteiger partial charge in [-0.05, 0) is 48.0 Å². The summed E-state index contributed by atoms with van der Waals surface area (Å²) >= 11 is 0. The van der Waals surface area contributed by atoms with Crippen LogP contribution in [0, 0.1) is 0 Å². The number of rotatable bonds is 6. The van der Waals surface area contributed by atoms with E-state index in [-0.39, 0.29) is 41.2 Å². The maximum Gasteiger partial charge on any atom is 1.00 e. The molecule has 0 aliphatic heterocycles. The van der Waals surface area contributed by atoms with Crippen LogP contribution in [0.3, 0.4) is 0 Å². The third kappa shape index (κ3) is 6.87. The maximum absolute atomic E-state index is 11.8. The molecule has 0 spiro atoms. The Labute approximate surface area is 161 Å². The van der Waals surface area contributed by atoms with E-state index in [1.807, 2.05) is 0 Å². The zero-order valence-electron chi connectivity index (χ0n) is 13.1. The molecule has 0 unspecified atom stereocenters. The number of ether oxygens (including phenoxy) is 1. The van der Waals surface area contributed by atoms with Gasteiger partial charge in [0.05, 0.1) is 5.97 Å². The normalized spacial score (nSPS) is 10.0. The van der Waals surface area contributed by atoms with Crippen LogP contribution < -0.4 is 44.7 Å². The van der Waals surface area contributed by atoms with E-state index in [0.717, 1.165) is 5.56 Å². The van der Waals surface area contributed by atoms with E-state index in [0.29, 0.717) is 11.4 Å². The largest absolute Gasteiger partial charge is 1.00 e. The van der Waals surface area contributed by atoms with Crippen molar-refractivity contribution in [3.63, 3.8) is 0 Å². The summed E-state index contributed by atoms with van der Waals surface area (Å²) in [5, 5.41) is 22.1. The molecule has 2 N–H and O–H groups in total. The number of phenolic OH excluding ortho intramolecular Hbond substituents is 1. The van der Waals surface area contributed by atoms with Gasteiger partial charge in [-0.25, -0.2) is 0 Å². The van der Waals surface area contributed by atoms with Gasteiger partial charge in [-0.1, -0.05) is 12.1 Å². The number of phenols is 1. The van der Waals surface area contributed by atoms with Gasteiger partial charge in [0.25, 0.3) is 0 Å². The fourth-order valence-corrected chi connectivity index (χ4v) is 1.72. The number of carboxylic acids is 1. The molecule has 2 aromatic rings. The molecule has 24 heavy (non-hydrogen) atoms. The summed E-state index contributed by atoms with van der Waals surface area (Å²) in [6, 6.07) is 12.7. The van der Waals surface area contributed by atoms with E-state index in [9.17, 15) is 19.8 Å². The Morgan fingerprint density at radius 3 is 2.29 bits per heavy atom. The van der Waals surface area contributed by atoms with Crippen LogP contribution in [0.25, 0.3) is 6.08 Å². The van der Waals surface area contributed by atoms with Crippen molar-refractivity contribution in [3.05, 3.63) is 60.2 Å². The van der Waals surface area contributed by atoms with E-state index >= 15 is 0 Å². The Bertz CT molecular complexity index is 711. The van der Waals surface area contributed by atoms with Crippen LogP contribution in [0.5, 0.6) is 11.5 Å². The van der Waals surface area contributed by atoms with Crippen molar-refractivity contribution in [1.82, 2.24) is 0 Å². The van der Waals surface area contributed by atoms with Crippen molar-refractivity contribution < 1.29 is 54.1 Å². The van der Waals surface area contributed by atoms with E-state index in [1.54, 1.807) is 42.5 Å². The van der Waals surface area contributed by atoms with E-state index in [1.165, 1.54) is 18.2 Å². The number of carbonyl (C=O) groups is 2. The molecule has 1 amide bonds. The Morgan fingerprint density at radius 1 is 1.08 bits per heavy atom. The summed E-state index contributed by atoms with van der Waals surface area (Å²) in [5.41, 5.74) is 1.33. The third-order valence-electron chi connectivity index (χ3n) is 2.80. The monoisotopic (exact) mass is 335 g/mol. The quantitative estimate of drug-likeness (QED) is 0.478. The number of hydrogen-bond acceptors (Lipinski definition) is 5. The van der Waals surface area contributed by atoms with Crippen LogP contribution in [0.1, 0.15) is 5.56 Å². The predicted molar refractivity (Wildman–Crippen MR) is 82.7 cm³/mol. The summed E-state index contributed by atoms with van der Waals surface area (Å²) < 4.78 is 4.93. The van der Waals surface area contributed by atoms with Gasteiger partial charge < -0.3 is 25.1 Å². The van der Waals surface area contributed by atoms with Crippen LogP contribution >= 0.6 is 0 Å². The van der Waals surface area contributed by atoms with Crippen LogP contribution in [-0.2, 0) is 9.59 Å². The fourth-order valence-electron chi connectivity index (χ4n) is 1.72. The van der Waals surface area contributed by atoms with Crippen LogP contribution in [0.15, 0.2) is 54.6 Å². The Morgan fingerprint density at radius 2 is 1.71 bits per heavy atom. The molecule has 0 saturated heterocycles. The van der Waals surface area contributed by atoms with Gasteiger partial charge in [-0.2, -0.15) is 0 Å². The molecule has 0 aliphatic rings. The predicted octanol–water partition coefficient (Wildman–Crippen LogP) is -1.82. The van der Waals surface area contributed by atoms with Crippen molar-refractivity contribution in [3.8, 4) is 11.5 Å². The second kappa shape index (κ2) is 9.77. The first-order valence-electron chi connectivity index (χ1n) is 6.74. The summed E-state index contributed by atoms with van der Waals surface area (Å²) in [5.74, 6) is -1.09. The molecule has 0 radical (unpaired) electrons. The number of carboxylic acid groups (broad SMARTS) is 1. The van der Waals surface area contributed by atoms with Gasteiger partial charge in [-0.3, -0.25) is 4.79 Å². The van der Waals surface area contributed by atoms with Gasteiger partial charge in [0.1, 0.15) is 18.1 Å². The average molecular weight is 335 g/mol. The number of hydrogen-bond donors (Lipinski definition) is 2. The molecule has 2 aromatic carbocycles. The number of benzene rings is 2. The summed E-state index contributed by atoms with van der Waals surface area (Å²) in [6.07, 6.45) is 2.99. The molecule has 0 heterocycles. The minimum Gasteiger partial charge on any atom is -0.546 e. The smallest absolute Gasteiger partial charge is 0.546 e. The van der Waals surface area contributed by atoms with Crippen molar-refractivity contribution >= 4 is 23.6 Å². The molecule has 6 nitrogen and oxygen atoms in total. The first-order valence-corrected chi connectivity index (χ1v) is 6.74. The second-order valence-corrected chi connectivity index (χ2v) is 4.60. The first-order chi connectivity index (χ1) is 11.0. The van der Waals surface area contributed by atoms with Crippen molar-refractivity contribution in [2.45, 2.75) is 0 Å². The fraction of sp³-hybridized carbons (Fsp3) is 0.0588. The standard InChI is InChI=1S/C17H15NO5.Na/c19-14-6-1-12(2-7-14)3-10-16(20)18-13-4-8-15(9-5-13)23-11-17(21)22;/h1-10,19H,11H2,(H,18,20)(H,21,22);/q;+1/p-1. The third-order valence-corrected chi connectivity index (χ3v) is 2.80. The molecular formula is C17H14NNaO5. The van der Waals surface area contributed by atoms with Gasteiger partial charge >= 0.3 is 29.6 Å². The van der Waals surface area contributed by atoms with E-state index < -0.39 is 12.6 Å². The van der Waals surface area contributed by atoms with Crippen LogP contribution in [0.4, 0.5) is 5.69 Å². The Kier molecular flexibility index (Phi) is 8.05. The summed E-state index contributed by atoms with van der Waals surface area (Å²) in [6.45, 7) is -0.527. The van der Waals surface area contributed by atoms with Crippen LogP contribution in [0.2, 0.25) is 0 Å². The molecular weight excluding hydrogens is 321 g/mol. The molecule has 0 atom stereocenters. The number of amides is 1. The Balaban J connectivity index is 0.00000288. The number of nitrogens with one attached hydrogen (secondary N) is 1. The molecule has 0 aromatic heterocycles. The number of aromatic hydroxyl groups is 1. The van der Waals surface area contributed by atoms with Gasteiger partial charge in [0.2, 0.25) is 5.91 Å². The molecule has 0 saturated carbocycles. The Hall–Kier alpha value is -2.28. The van der Waals surface area contributed by atoms with Gasteiger partial charge in [-0.15, -0.1) is 0 Å². The molecule has 0 aliphatic carbocycles. The van der Waals surface area contributed by atoms with Gasteiger partial charge in [0.15, 0.2) is 0 Å². The van der Waals surface area contributed by atoms with Gasteiger partial charge in [0, 0.05) is 11.8 Å². The molecule has 2 rings (SSSR count). The molecule has 0 fully saturated rings. The number of carbonyl (C=O) groups excluding carboxylic acids is 2. The average Bonchev–Trinajstić information content (AvgIpc) is 2.53. The number of anilines is 1. The topological polar surface area (TPSA) is 98.7 Å². The first kappa shape index (κ1) is 19.8. The number of aliphatic carboxylic acids is 1. The zero-order chi connectivity index (χ0) is 16.7. The summed E-state index contributed by atoms with van der Waals surface area (Å²) in [7, 11) is 0. The van der Waals surface area contributed by atoms with Crippen molar-refractivity contribution in [1.29, 1.82) is 0 Å². The minimum atomic E-state index is -1.30. The summed E-state index contributed by atoms with van der Waals surface area (Å²) in [4.78, 5) is 22.1. The molecule has 0 bridgehead atoms. The minimum absolute atomic E-state index is 0. The van der Waals surface area contributed by atoms with E-state index in [4.69, 9.17) is 4.74 Å². The molecule has 118 valence electrons. The van der Waals surface area contributed by atoms with Crippen LogP contribution in [-0.4, -0.2) is 23.6 Å². The van der Waals surface area contributed by atoms with E-state index in [2.05, 4.69) is 5.32 Å². The SMILES string of the molecule is O=C([O-])COc1ccc(NC(=O)C=Cc2ccc(O)cc2)cc1.[Na+]. The second-order valence-electron chi connectivity index (χ2n) is 4.60.